The van der Waals surface area contributed by atoms with Gasteiger partial charge in [0, 0.05) is 67.9 Å². The summed E-state index contributed by atoms with van der Waals surface area (Å²) < 4.78 is 6.96. The molecule has 2 aliphatic rings. The van der Waals surface area contributed by atoms with E-state index in [9.17, 15) is 4.79 Å². The molecule has 0 saturated carbocycles. The van der Waals surface area contributed by atoms with Gasteiger partial charge in [0.1, 0.15) is 5.76 Å². The molecule has 9 heteroatoms. The van der Waals surface area contributed by atoms with Crippen LogP contribution in [0.1, 0.15) is 41.8 Å². The predicted octanol–water partition coefficient (Wildman–Crippen LogP) is 2.93. The van der Waals surface area contributed by atoms with Crippen LogP contribution in [0.3, 0.4) is 0 Å². The third-order valence-corrected chi connectivity index (χ3v) is 6.73. The minimum Gasteiger partial charge on any atom is -0.469 e. The van der Waals surface area contributed by atoms with Crippen molar-refractivity contribution in [1.82, 2.24) is 29.5 Å². The molecule has 6 rings (SSSR count). The van der Waals surface area contributed by atoms with Crippen molar-refractivity contribution in [1.29, 1.82) is 0 Å². The molecule has 0 atom stereocenters. The quantitative estimate of drug-likeness (QED) is 0.516. The highest BCUT2D eigenvalue weighted by Gasteiger charge is 2.23. The number of aromatic amines is 1. The Morgan fingerprint density at radius 1 is 1.12 bits per heavy atom. The molecule has 4 aromatic rings. The number of aromatic nitrogens is 5. The van der Waals surface area contributed by atoms with E-state index in [1.54, 1.807) is 10.8 Å². The molecule has 0 radical (unpaired) electrons. The summed E-state index contributed by atoms with van der Waals surface area (Å²) in [6.45, 7) is 6.17. The third kappa shape index (κ3) is 3.72. The first-order chi connectivity index (χ1) is 16.2. The van der Waals surface area contributed by atoms with Gasteiger partial charge < -0.3 is 9.32 Å². The van der Waals surface area contributed by atoms with Crippen molar-refractivity contribution in [2.24, 2.45) is 0 Å². The maximum Gasteiger partial charge on any atom is 0.276 e. The lowest BCUT2D eigenvalue weighted by atomic mass is 10.1. The van der Waals surface area contributed by atoms with Crippen LogP contribution in [-0.2, 0) is 19.5 Å². The smallest absolute Gasteiger partial charge is 0.276 e. The number of hydrogen-bond donors (Lipinski definition) is 1. The highest BCUT2D eigenvalue weighted by Crippen LogP contribution is 2.24. The normalized spacial score (nSPS) is 16.9. The van der Waals surface area contributed by atoms with Gasteiger partial charge in [-0.15, -0.1) is 0 Å². The summed E-state index contributed by atoms with van der Waals surface area (Å²) in [4.78, 5) is 31.7. The summed E-state index contributed by atoms with van der Waals surface area (Å²) in [6, 6.07) is 3.80. The first kappa shape index (κ1) is 20.2. The molecule has 0 aromatic carbocycles. The number of piperidine rings is 1. The van der Waals surface area contributed by atoms with Gasteiger partial charge in [-0.25, -0.2) is 19.5 Å². The fraction of sp³-hybridized carbons (Fsp3) is 0.417. The molecule has 4 aromatic heterocycles. The first-order valence-corrected chi connectivity index (χ1v) is 11.6. The van der Waals surface area contributed by atoms with Gasteiger partial charge >= 0.3 is 0 Å². The van der Waals surface area contributed by atoms with Gasteiger partial charge in [0.2, 0.25) is 5.95 Å². The zero-order valence-corrected chi connectivity index (χ0v) is 18.8. The second kappa shape index (κ2) is 8.15. The monoisotopic (exact) mass is 445 g/mol. The molecular weight excluding hydrogens is 418 g/mol. The molecule has 0 amide bonds. The fourth-order valence-corrected chi connectivity index (χ4v) is 4.93. The van der Waals surface area contributed by atoms with Crippen LogP contribution in [0.25, 0.3) is 16.9 Å². The lowest BCUT2D eigenvalue weighted by Crippen LogP contribution is -2.36. The molecule has 6 heterocycles. The van der Waals surface area contributed by atoms with E-state index < -0.39 is 0 Å². The van der Waals surface area contributed by atoms with E-state index in [-0.39, 0.29) is 5.56 Å². The SMILES string of the molecule is Cc1occc1-c1cc2nc3c(c(=O)n2[nH]1)CCN(Cc1cnc(N2CCCCC2)nc1)C3. The van der Waals surface area contributed by atoms with E-state index >= 15 is 0 Å². The Morgan fingerprint density at radius 2 is 1.94 bits per heavy atom. The van der Waals surface area contributed by atoms with Crippen LogP contribution >= 0.6 is 0 Å². The second-order valence-corrected chi connectivity index (χ2v) is 9.00. The number of hydrogen-bond acceptors (Lipinski definition) is 7. The summed E-state index contributed by atoms with van der Waals surface area (Å²) in [5.41, 5.74) is 5.10. The van der Waals surface area contributed by atoms with Gasteiger partial charge in [0.05, 0.1) is 17.7 Å². The number of nitrogens with one attached hydrogen (secondary N) is 1. The van der Waals surface area contributed by atoms with Crippen LogP contribution in [-0.4, -0.2) is 49.1 Å². The highest BCUT2D eigenvalue weighted by molar-refractivity contribution is 5.65. The van der Waals surface area contributed by atoms with E-state index in [0.717, 1.165) is 66.0 Å². The van der Waals surface area contributed by atoms with Crippen molar-refractivity contribution in [3.63, 3.8) is 0 Å². The molecule has 1 N–H and O–H groups in total. The van der Waals surface area contributed by atoms with Crippen LogP contribution in [0.4, 0.5) is 5.95 Å². The minimum atomic E-state index is -0.0173. The molecular formula is C24H27N7O2. The zero-order valence-electron chi connectivity index (χ0n) is 18.8. The third-order valence-electron chi connectivity index (χ3n) is 6.73. The summed E-state index contributed by atoms with van der Waals surface area (Å²) in [7, 11) is 0. The summed E-state index contributed by atoms with van der Waals surface area (Å²) in [5.74, 6) is 1.63. The number of H-pyrrole nitrogens is 1. The van der Waals surface area contributed by atoms with Crippen molar-refractivity contribution >= 4 is 11.6 Å². The highest BCUT2D eigenvalue weighted by atomic mass is 16.3. The van der Waals surface area contributed by atoms with E-state index in [1.807, 2.05) is 31.5 Å². The lowest BCUT2D eigenvalue weighted by Gasteiger charge is -2.28. The van der Waals surface area contributed by atoms with E-state index in [4.69, 9.17) is 9.40 Å². The van der Waals surface area contributed by atoms with Crippen LogP contribution in [0.5, 0.6) is 0 Å². The van der Waals surface area contributed by atoms with E-state index in [2.05, 4.69) is 24.9 Å². The van der Waals surface area contributed by atoms with Crippen molar-refractivity contribution in [3.05, 3.63) is 63.7 Å². The van der Waals surface area contributed by atoms with Gasteiger partial charge in [-0.2, -0.15) is 0 Å². The average Bonchev–Trinajstić information content (AvgIpc) is 3.46. The Balaban J connectivity index is 1.21. The summed E-state index contributed by atoms with van der Waals surface area (Å²) in [5, 5.41) is 3.19. The van der Waals surface area contributed by atoms with Gasteiger partial charge in [0.25, 0.3) is 5.56 Å². The predicted molar refractivity (Wildman–Crippen MR) is 124 cm³/mol. The molecule has 1 fully saturated rings. The van der Waals surface area contributed by atoms with Gasteiger partial charge in [-0.05, 0) is 38.7 Å². The van der Waals surface area contributed by atoms with E-state index in [0.29, 0.717) is 18.6 Å². The molecule has 9 nitrogen and oxygen atoms in total. The standard InChI is InChI=1S/C24H27N7O2/c1-16-18(6-10-33-16)20-11-22-27-21-15-29(9-5-19(21)23(32)31(22)28-20)14-17-12-25-24(26-13-17)30-7-3-2-4-8-30/h6,10-13,28H,2-5,7-9,14-15H2,1H3. The Bertz CT molecular complexity index is 1350. The number of rotatable bonds is 4. The fourth-order valence-electron chi connectivity index (χ4n) is 4.93. The largest absolute Gasteiger partial charge is 0.469 e. The van der Waals surface area contributed by atoms with Gasteiger partial charge in [0.15, 0.2) is 5.65 Å². The van der Waals surface area contributed by atoms with Crippen LogP contribution in [0.2, 0.25) is 0 Å². The van der Waals surface area contributed by atoms with Gasteiger partial charge in [-0.3, -0.25) is 14.8 Å². The van der Waals surface area contributed by atoms with Crippen molar-refractivity contribution in [3.8, 4) is 11.3 Å². The Morgan fingerprint density at radius 3 is 2.70 bits per heavy atom. The lowest BCUT2D eigenvalue weighted by molar-refractivity contribution is 0.240. The maximum absolute atomic E-state index is 13.1. The number of fused-ring (bicyclic) bond motifs is 2. The van der Waals surface area contributed by atoms with Crippen LogP contribution in [0.15, 0.2) is 40.0 Å². The Kier molecular flexibility index (Phi) is 4.98. The average molecular weight is 446 g/mol. The van der Waals surface area contributed by atoms with Crippen molar-refractivity contribution in [2.45, 2.75) is 45.7 Å². The molecule has 1 saturated heterocycles. The molecule has 2 aliphatic heterocycles. The minimum absolute atomic E-state index is 0.0173. The number of furan rings is 1. The topological polar surface area (TPSA) is 95.6 Å². The van der Waals surface area contributed by atoms with Crippen LogP contribution in [0, 0.1) is 6.92 Å². The Hall–Kier alpha value is -3.46. The molecule has 0 spiro atoms. The number of aryl methyl sites for hydroxylation is 1. The number of anilines is 1. The van der Waals surface area contributed by atoms with Gasteiger partial charge in [-0.1, -0.05) is 0 Å². The molecule has 0 aliphatic carbocycles. The molecule has 170 valence electrons. The second-order valence-electron chi connectivity index (χ2n) is 9.00. The molecule has 33 heavy (non-hydrogen) atoms. The summed E-state index contributed by atoms with van der Waals surface area (Å²) >= 11 is 0. The van der Waals surface area contributed by atoms with Crippen LogP contribution < -0.4 is 10.5 Å². The zero-order chi connectivity index (χ0) is 22.4. The molecule has 0 bridgehead atoms. The van der Waals surface area contributed by atoms with Crippen molar-refractivity contribution < 1.29 is 4.42 Å². The molecule has 0 unspecified atom stereocenters. The number of nitrogens with zero attached hydrogens (tertiary/aromatic N) is 6. The Labute approximate surface area is 191 Å². The first-order valence-electron chi connectivity index (χ1n) is 11.6. The van der Waals surface area contributed by atoms with Crippen molar-refractivity contribution in [2.75, 3.05) is 24.5 Å². The maximum atomic E-state index is 13.1. The van der Waals surface area contributed by atoms with E-state index in [1.165, 1.54) is 19.3 Å². The summed E-state index contributed by atoms with van der Waals surface area (Å²) in [6.07, 6.45) is 9.91.